The molecule has 0 bridgehead atoms. The summed E-state index contributed by atoms with van der Waals surface area (Å²) < 4.78 is 24.7. The zero-order chi connectivity index (χ0) is 19.0. The maximum absolute atomic E-state index is 6.71. The lowest BCUT2D eigenvalue weighted by atomic mass is 9.93. The standard InChI is InChI=1S/C24H24O4/c1-25-23-20-10-6-5-7-17(20)11-12-21(23)24(19-8-3-2-4-9-19)27-16-22(28-24)18-13-14-26-15-18/h2-12,18,22H,13-16H2,1H3. The molecule has 2 aliphatic rings. The Morgan fingerprint density at radius 3 is 2.54 bits per heavy atom. The molecule has 3 unspecified atom stereocenters. The Hall–Kier alpha value is -2.40. The molecule has 3 aromatic rings. The highest BCUT2D eigenvalue weighted by molar-refractivity contribution is 5.90. The highest BCUT2D eigenvalue weighted by Crippen LogP contribution is 2.48. The number of rotatable bonds is 4. The lowest BCUT2D eigenvalue weighted by Crippen LogP contribution is -2.32. The summed E-state index contributed by atoms with van der Waals surface area (Å²) in [6.45, 7) is 2.06. The van der Waals surface area contributed by atoms with Gasteiger partial charge >= 0.3 is 0 Å². The van der Waals surface area contributed by atoms with Crippen molar-refractivity contribution in [2.24, 2.45) is 5.92 Å². The molecule has 0 amide bonds. The van der Waals surface area contributed by atoms with Crippen LogP contribution < -0.4 is 4.74 Å². The Morgan fingerprint density at radius 1 is 0.929 bits per heavy atom. The number of hydrogen-bond donors (Lipinski definition) is 0. The number of benzene rings is 3. The van der Waals surface area contributed by atoms with Crippen molar-refractivity contribution in [3.05, 3.63) is 77.9 Å². The fraction of sp³-hybridized carbons (Fsp3) is 0.333. The van der Waals surface area contributed by atoms with Crippen LogP contribution >= 0.6 is 0 Å². The van der Waals surface area contributed by atoms with Crippen LogP contribution in [0, 0.1) is 5.92 Å². The Kier molecular flexibility index (Phi) is 4.55. The molecule has 2 heterocycles. The minimum atomic E-state index is -0.982. The predicted octanol–water partition coefficient (Wildman–Crippen LogP) is 4.50. The molecule has 0 spiro atoms. The molecule has 3 atom stereocenters. The van der Waals surface area contributed by atoms with E-state index in [-0.39, 0.29) is 6.10 Å². The van der Waals surface area contributed by atoms with Gasteiger partial charge in [-0.05, 0) is 17.9 Å². The van der Waals surface area contributed by atoms with Crippen molar-refractivity contribution in [2.75, 3.05) is 26.9 Å². The van der Waals surface area contributed by atoms with Gasteiger partial charge in [0.2, 0.25) is 5.79 Å². The van der Waals surface area contributed by atoms with Crippen molar-refractivity contribution < 1.29 is 18.9 Å². The third-order valence-corrected chi connectivity index (χ3v) is 5.85. The van der Waals surface area contributed by atoms with Crippen molar-refractivity contribution >= 4 is 10.8 Å². The molecule has 144 valence electrons. The van der Waals surface area contributed by atoms with Gasteiger partial charge in [0.1, 0.15) is 5.75 Å². The van der Waals surface area contributed by atoms with Crippen LogP contribution in [-0.4, -0.2) is 33.0 Å². The maximum atomic E-state index is 6.71. The molecule has 0 aliphatic carbocycles. The number of fused-ring (bicyclic) bond motifs is 1. The number of ether oxygens (including phenoxy) is 4. The van der Waals surface area contributed by atoms with Gasteiger partial charge in [0.25, 0.3) is 0 Å². The van der Waals surface area contributed by atoms with E-state index < -0.39 is 5.79 Å². The number of methoxy groups -OCH3 is 1. The van der Waals surface area contributed by atoms with E-state index >= 15 is 0 Å². The highest BCUT2D eigenvalue weighted by atomic mass is 16.7. The summed E-state index contributed by atoms with van der Waals surface area (Å²) in [6, 6.07) is 22.6. The molecule has 0 radical (unpaired) electrons. The van der Waals surface area contributed by atoms with E-state index in [4.69, 9.17) is 18.9 Å². The third-order valence-electron chi connectivity index (χ3n) is 5.85. The Labute approximate surface area is 165 Å². The molecule has 0 N–H and O–H groups in total. The molecule has 2 saturated heterocycles. The van der Waals surface area contributed by atoms with Crippen LogP contribution in [0.4, 0.5) is 0 Å². The highest BCUT2D eigenvalue weighted by Gasteiger charge is 2.49. The average Bonchev–Trinajstić information content (AvgIpc) is 3.44. The van der Waals surface area contributed by atoms with E-state index in [0.717, 1.165) is 47.3 Å². The van der Waals surface area contributed by atoms with Crippen molar-refractivity contribution in [3.63, 3.8) is 0 Å². The van der Waals surface area contributed by atoms with E-state index in [0.29, 0.717) is 12.5 Å². The van der Waals surface area contributed by atoms with Crippen LogP contribution in [0.1, 0.15) is 17.5 Å². The smallest absolute Gasteiger partial charge is 0.226 e. The van der Waals surface area contributed by atoms with Gasteiger partial charge in [-0.3, -0.25) is 0 Å². The van der Waals surface area contributed by atoms with Gasteiger partial charge in [0, 0.05) is 23.5 Å². The van der Waals surface area contributed by atoms with Crippen LogP contribution in [-0.2, 0) is 20.0 Å². The zero-order valence-electron chi connectivity index (χ0n) is 16.0. The molecule has 5 rings (SSSR count). The summed E-state index contributed by atoms with van der Waals surface area (Å²) in [5.41, 5.74) is 1.88. The van der Waals surface area contributed by atoms with E-state index in [1.165, 1.54) is 0 Å². The van der Waals surface area contributed by atoms with Gasteiger partial charge in [-0.1, -0.05) is 60.7 Å². The molecular weight excluding hydrogens is 352 g/mol. The molecule has 3 aromatic carbocycles. The van der Waals surface area contributed by atoms with Crippen molar-refractivity contribution in [2.45, 2.75) is 18.3 Å². The van der Waals surface area contributed by atoms with Gasteiger partial charge in [0.05, 0.1) is 32.0 Å². The second-order valence-corrected chi connectivity index (χ2v) is 7.44. The second kappa shape index (κ2) is 7.21. The van der Waals surface area contributed by atoms with Crippen LogP contribution in [0.2, 0.25) is 0 Å². The quantitative estimate of drug-likeness (QED) is 0.672. The monoisotopic (exact) mass is 376 g/mol. The SMILES string of the molecule is COc1c(C2(c3ccccc3)OCC(C3CCOC3)O2)ccc2ccccc12. The first-order chi connectivity index (χ1) is 13.8. The summed E-state index contributed by atoms with van der Waals surface area (Å²) in [6.07, 6.45) is 1.01. The van der Waals surface area contributed by atoms with Crippen LogP contribution in [0.25, 0.3) is 10.8 Å². The van der Waals surface area contributed by atoms with Gasteiger partial charge in [0.15, 0.2) is 0 Å². The van der Waals surface area contributed by atoms with E-state index in [1.807, 2.05) is 30.3 Å². The molecule has 0 aromatic heterocycles. The van der Waals surface area contributed by atoms with E-state index in [9.17, 15) is 0 Å². The minimum Gasteiger partial charge on any atom is -0.496 e. The van der Waals surface area contributed by atoms with E-state index in [2.05, 4.69) is 36.4 Å². The molecule has 2 fully saturated rings. The summed E-state index contributed by atoms with van der Waals surface area (Å²) in [7, 11) is 1.71. The first-order valence-electron chi connectivity index (χ1n) is 9.83. The zero-order valence-corrected chi connectivity index (χ0v) is 16.0. The fourth-order valence-electron chi connectivity index (χ4n) is 4.39. The number of hydrogen-bond acceptors (Lipinski definition) is 4. The lowest BCUT2D eigenvalue weighted by Gasteiger charge is -2.31. The van der Waals surface area contributed by atoms with Gasteiger partial charge in [-0.25, -0.2) is 0 Å². The van der Waals surface area contributed by atoms with Crippen molar-refractivity contribution in [1.29, 1.82) is 0 Å². The Balaban J connectivity index is 1.67. The normalized spacial score (nSPS) is 27.3. The molecular formula is C24H24O4. The molecule has 28 heavy (non-hydrogen) atoms. The van der Waals surface area contributed by atoms with Gasteiger partial charge < -0.3 is 18.9 Å². The Bertz CT molecular complexity index is 965. The molecule has 2 aliphatic heterocycles. The van der Waals surface area contributed by atoms with Gasteiger partial charge in [-0.15, -0.1) is 0 Å². The maximum Gasteiger partial charge on any atom is 0.226 e. The van der Waals surface area contributed by atoms with Crippen LogP contribution in [0.5, 0.6) is 5.75 Å². The topological polar surface area (TPSA) is 36.9 Å². The Morgan fingerprint density at radius 2 is 1.75 bits per heavy atom. The predicted molar refractivity (Wildman–Crippen MR) is 107 cm³/mol. The fourth-order valence-corrected chi connectivity index (χ4v) is 4.39. The third kappa shape index (κ3) is 2.80. The van der Waals surface area contributed by atoms with Crippen molar-refractivity contribution in [1.82, 2.24) is 0 Å². The lowest BCUT2D eigenvalue weighted by molar-refractivity contribution is -0.149. The second-order valence-electron chi connectivity index (χ2n) is 7.44. The molecule has 4 heteroatoms. The van der Waals surface area contributed by atoms with Crippen molar-refractivity contribution in [3.8, 4) is 5.75 Å². The molecule has 4 nitrogen and oxygen atoms in total. The first kappa shape index (κ1) is 17.7. The summed E-state index contributed by atoms with van der Waals surface area (Å²) in [4.78, 5) is 0. The first-order valence-corrected chi connectivity index (χ1v) is 9.83. The largest absolute Gasteiger partial charge is 0.496 e. The minimum absolute atomic E-state index is 0.00103. The summed E-state index contributed by atoms with van der Waals surface area (Å²) >= 11 is 0. The van der Waals surface area contributed by atoms with Gasteiger partial charge in [-0.2, -0.15) is 0 Å². The van der Waals surface area contributed by atoms with Crippen LogP contribution in [0.15, 0.2) is 66.7 Å². The van der Waals surface area contributed by atoms with E-state index in [1.54, 1.807) is 7.11 Å². The van der Waals surface area contributed by atoms with Crippen LogP contribution in [0.3, 0.4) is 0 Å². The molecule has 0 saturated carbocycles. The average molecular weight is 376 g/mol. The summed E-state index contributed by atoms with van der Waals surface area (Å²) in [5, 5.41) is 2.18. The summed E-state index contributed by atoms with van der Waals surface area (Å²) in [5.74, 6) is 0.173.